The fourth-order valence-electron chi connectivity index (χ4n) is 5.77. The Morgan fingerprint density at radius 2 is 0.714 bits per heavy atom. The minimum absolute atomic E-state index is 0.483. The van der Waals surface area contributed by atoms with E-state index < -0.39 is 15.9 Å². The average Bonchev–Trinajstić information content (AvgIpc) is 3.57. The molecule has 0 saturated carbocycles. The highest BCUT2D eigenvalue weighted by molar-refractivity contribution is 7.67. The van der Waals surface area contributed by atoms with Crippen molar-refractivity contribution < 1.29 is 0 Å². The van der Waals surface area contributed by atoms with Crippen molar-refractivity contribution in [1.82, 2.24) is 23.4 Å². The van der Waals surface area contributed by atoms with Gasteiger partial charge in [0.1, 0.15) is 0 Å². The molecule has 0 bridgehead atoms. The van der Waals surface area contributed by atoms with Gasteiger partial charge in [0.15, 0.2) is 15.9 Å². The Balaban J connectivity index is 1.59. The van der Waals surface area contributed by atoms with Crippen LogP contribution in [0.25, 0.3) is 0 Å². The maximum absolute atomic E-state index is 6.12. The predicted octanol–water partition coefficient (Wildman–Crippen LogP) is 4.64. The molecule has 5 aliphatic rings. The zero-order valence-corrected chi connectivity index (χ0v) is 19.5. The van der Waals surface area contributed by atoms with Gasteiger partial charge >= 0.3 is 0 Å². The standard InChI is InChI=1S/C20H40N6P2/c1-2-12-22(11-1)27(23-13-3-4-14-23)21-28(24-15-5-6-16-24,25-17-7-8-18-25)26-19-9-10-20-26/h1-20H2. The molecular weight excluding hydrogens is 386 g/mol. The Morgan fingerprint density at radius 3 is 1.04 bits per heavy atom. The van der Waals surface area contributed by atoms with Crippen LogP contribution in [0.2, 0.25) is 0 Å². The van der Waals surface area contributed by atoms with Crippen molar-refractivity contribution in [2.75, 3.05) is 65.4 Å². The second-order valence-electron chi connectivity index (χ2n) is 9.20. The lowest BCUT2D eigenvalue weighted by Crippen LogP contribution is -2.38. The van der Waals surface area contributed by atoms with Crippen molar-refractivity contribution >= 4 is 15.9 Å². The SMILES string of the molecule is C1CCN(P(N=P(N2CCCC2)(N2CCCC2)N2CCCC2)N2CCCC2)C1. The Kier molecular flexibility index (Phi) is 6.77. The van der Waals surface area contributed by atoms with Crippen LogP contribution in [0.5, 0.6) is 0 Å². The van der Waals surface area contributed by atoms with E-state index in [0.717, 1.165) is 0 Å². The molecule has 0 radical (unpaired) electrons. The first kappa shape index (κ1) is 20.4. The van der Waals surface area contributed by atoms with Crippen molar-refractivity contribution in [3.63, 3.8) is 0 Å². The van der Waals surface area contributed by atoms with E-state index in [2.05, 4.69) is 23.4 Å². The highest BCUT2D eigenvalue weighted by Crippen LogP contribution is 2.69. The molecule has 0 atom stereocenters. The van der Waals surface area contributed by atoms with Crippen molar-refractivity contribution in [2.45, 2.75) is 64.2 Å². The highest BCUT2D eigenvalue weighted by Gasteiger charge is 2.45. The largest absolute Gasteiger partial charge is 0.251 e. The molecule has 6 nitrogen and oxygen atoms in total. The summed E-state index contributed by atoms with van der Waals surface area (Å²) in [5.41, 5.74) is 0. The number of rotatable bonds is 6. The maximum atomic E-state index is 6.12. The van der Waals surface area contributed by atoms with Crippen LogP contribution in [-0.2, 0) is 0 Å². The molecule has 5 heterocycles. The summed E-state index contributed by atoms with van der Waals surface area (Å²) in [5, 5.41) is 0. The van der Waals surface area contributed by atoms with Crippen LogP contribution in [0.3, 0.4) is 0 Å². The first-order chi connectivity index (χ1) is 13.9. The van der Waals surface area contributed by atoms with E-state index in [1.165, 1.54) is 130 Å². The molecule has 160 valence electrons. The maximum Gasteiger partial charge on any atom is 0.174 e. The van der Waals surface area contributed by atoms with Gasteiger partial charge in [-0.25, -0.2) is 18.5 Å². The molecule has 0 aromatic rings. The molecule has 0 spiro atoms. The van der Waals surface area contributed by atoms with Gasteiger partial charge < -0.3 is 0 Å². The third kappa shape index (κ3) is 3.88. The molecule has 28 heavy (non-hydrogen) atoms. The van der Waals surface area contributed by atoms with E-state index in [4.69, 9.17) is 4.52 Å². The van der Waals surface area contributed by atoms with Gasteiger partial charge in [-0.15, -0.1) is 0 Å². The minimum atomic E-state index is -1.73. The molecule has 0 aliphatic carbocycles. The van der Waals surface area contributed by atoms with Gasteiger partial charge in [0, 0.05) is 65.4 Å². The molecule has 0 amide bonds. The lowest BCUT2D eigenvalue weighted by molar-refractivity contribution is 0.383. The highest BCUT2D eigenvalue weighted by atomic mass is 31.2. The minimum Gasteiger partial charge on any atom is -0.251 e. The summed E-state index contributed by atoms with van der Waals surface area (Å²) in [6, 6.07) is 0. The van der Waals surface area contributed by atoms with Crippen LogP contribution in [0.15, 0.2) is 4.52 Å². The fourth-order valence-corrected chi connectivity index (χ4v) is 14.1. The quantitative estimate of drug-likeness (QED) is 0.577. The second-order valence-corrected chi connectivity index (χ2v) is 14.4. The molecule has 0 aromatic heterocycles. The van der Waals surface area contributed by atoms with Crippen LogP contribution in [-0.4, -0.2) is 88.8 Å². The molecule has 0 aromatic carbocycles. The van der Waals surface area contributed by atoms with Crippen LogP contribution >= 0.6 is 15.9 Å². The number of nitrogens with zero attached hydrogens (tertiary/aromatic N) is 6. The average molecular weight is 427 g/mol. The number of hydrogen-bond acceptors (Lipinski definition) is 3. The summed E-state index contributed by atoms with van der Waals surface area (Å²) < 4.78 is 20.5. The van der Waals surface area contributed by atoms with Gasteiger partial charge in [-0.3, -0.25) is 9.34 Å². The lowest BCUT2D eigenvalue weighted by atomic mass is 10.4. The van der Waals surface area contributed by atoms with Gasteiger partial charge in [-0.1, -0.05) is 0 Å². The molecule has 5 fully saturated rings. The Morgan fingerprint density at radius 1 is 0.429 bits per heavy atom. The lowest BCUT2D eigenvalue weighted by Gasteiger charge is -2.47. The van der Waals surface area contributed by atoms with Crippen molar-refractivity contribution in [1.29, 1.82) is 0 Å². The molecule has 0 unspecified atom stereocenters. The molecule has 5 saturated heterocycles. The summed E-state index contributed by atoms with van der Waals surface area (Å²) in [7, 11) is -2.21. The van der Waals surface area contributed by atoms with Gasteiger partial charge in [0.05, 0.1) is 0 Å². The van der Waals surface area contributed by atoms with Crippen LogP contribution in [0, 0.1) is 0 Å². The molecule has 8 heteroatoms. The monoisotopic (exact) mass is 426 g/mol. The van der Waals surface area contributed by atoms with E-state index in [0.29, 0.717) is 0 Å². The summed E-state index contributed by atoms with van der Waals surface area (Å²) in [6.07, 6.45) is 13.8. The van der Waals surface area contributed by atoms with Gasteiger partial charge in [0.25, 0.3) is 0 Å². The Labute approximate surface area is 173 Å². The predicted molar refractivity (Wildman–Crippen MR) is 120 cm³/mol. The molecule has 0 N–H and O–H groups in total. The van der Waals surface area contributed by atoms with Gasteiger partial charge in [-0.05, 0) is 64.2 Å². The topological polar surface area (TPSA) is 28.6 Å². The smallest absolute Gasteiger partial charge is 0.174 e. The molecule has 5 aliphatic heterocycles. The summed E-state index contributed by atoms with van der Waals surface area (Å²) in [6.45, 7) is 12.8. The molecule has 5 rings (SSSR count). The zero-order chi connectivity index (χ0) is 18.8. The van der Waals surface area contributed by atoms with Gasteiger partial charge in [0.2, 0.25) is 0 Å². The second kappa shape index (κ2) is 9.30. The third-order valence-corrected chi connectivity index (χ3v) is 14.1. The van der Waals surface area contributed by atoms with Crippen LogP contribution in [0.4, 0.5) is 0 Å². The summed E-state index contributed by atoms with van der Waals surface area (Å²) in [4.78, 5) is 0. The fraction of sp³-hybridized carbons (Fsp3) is 1.00. The van der Waals surface area contributed by atoms with Crippen molar-refractivity contribution in [3.8, 4) is 0 Å². The first-order valence-electron chi connectivity index (χ1n) is 12.1. The normalized spacial score (nSPS) is 29.8. The van der Waals surface area contributed by atoms with Crippen molar-refractivity contribution in [2.24, 2.45) is 4.52 Å². The van der Waals surface area contributed by atoms with E-state index in [-0.39, 0.29) is 0 Å². The van der Waals surface area contributed by atoms with Crippen molar-refractivity contribution in [3.05, 3.63) is 0 Å². The first-order valence-corrected chi connectivity index (χ1v) is 14.9. The van der Waals surface area contributed by atoms with Crippen LogP contribution in [0.1, 0.15) is 64.2 Å². The zero-order valence-electron chi connectivity index (χ0n) is 17.7. The van der Waals surface area contributed by atoms with Gasteiger partial charge in [-0.2, -0.15) is 0 Å². The van der Waals surface area contributed by atoms with E-state index in [1.54, 1.807) is 0 Å². The summed E-state index contributed by atoms with van der Waals surface area (Å²) >= 11 is 0. The van der Waals surface area contributed by atoms with E-state index in [9.17, 15) is 0 Å². The third-order valence-electron chi connectivity index (χ3n) is 7.26. The Hall–Kier alpha value is 0.460. The Bertz CT molecular complexity index is 493. The molecular formula is C20H40N6P2. The summed E-state index contributed by atoms with van der Waals surface area (Å²) in [5.74, 6) is 0. The number of hydrogen-bond donors (Lipinski definition) is 0. The van der Waals surface area contributed by atoms with E-state index in [1.807, 2.05) is 0 Å². The van der Waals surface area contributed by atoms with Crippen LogP contribution < -0.4 is 0 Å². The van der Waals surface area contributed by atoms with E-state index >= 15 is 0 Å².